The fourth-order valence-electron chi connectivity index (χ4n) is 6.98. The van der Waals surface area contributed by atoms with E-state index in [1.165, 1.54) is 0 Å². The summed E-state index contributed by atoms with van der Waals surface area (Å²) < 4.78 is 57.0. The van der Waals surface area contributed by atoms with Gasteiger partial charge in [-0.1, -0.05) is 51.1 Å². The van der Waals surface area contributed by atoms with Crippen molar-refractivity contribution in [2.24, 2.45) is 11.1 Å². The van der Waals surface area contributed by atoms with Crippen molar-refractivity contribution in [2.75, 3.05) is 55.7 Å². The van der Waals surface area contributed by atoms with Gasteiger partial charge in [0, 0.05) is 73.5 Å². The second-order valence-corrected chi connectivity index (χ2v) is 19.6. The number of carbonyl (C=O) groups excluding carboxylic acids is 6. The first kappa shape index (κ1) is 51.7. The Labute approximate surface area is 380 Å². The zero-order chi connectivity index (χ0) is 47.9. The van der Waals surface area contributed by atoms with Crippen molar-refractivity contribution in [3.05, 3.63) is 95.8 Å². The highest BCUT2D eigenvalue weighted by Crippen LogP contribution is 2.41. The summed E-state index contributed by atoms with van der Waals surface area (Å²) in [6.07, 6.45) is 3.17. The minimum Gasteiger partial charge on any atom is -0.481 e. The Balaban J connectivity index is 1.49. The van der Waals surface area contributed by atoms with Crippen molar-refractivity contribution < 1.29 is 55.9 Å². The van der Waals surface area contributed by atoms with Crippen LogP contribution in [0.3, 0.4) is 0 Å². The number of halogens is 2. The topological polar surface area (TPSA) is 247 Å². The molecule has 0 saturated carbocycles. The van der Waals surface area contributed by atoms with Crippen LogP contribution in [0.5, 0.6) is 0 Å². The van der Waals surface area contributed by atoms with Crippen molar-refractivity contribution in [3.63, 3.8) is 0 Å². The van der Waals surface area contributed by atoms with Gasteiger partial charge in [0.1, 0.15) is 24.2 Å². The highest BCUT2D eigenvalue weighted by Gasteiger charge is 2.37. The summed E-state index contributed by atoms with van der Waals surface area (Å²) in [7, 11) is -3.86. The van der Waals surface area contributed by atoms with Gasteiger partial charge in [-0.2, -0.15) is 0 Å². The van der Waals surface area contributed by atoms with E-state index in [2.05, 4.69) is 16.0 Å². The molecule has 0 aliphatic carbocycles. The number of carboxylic acid groups (broad SMARTS) is 1. The first-order chi connectivity index (χ1) is 30.7. The number of thioether (sulfide) groups is 1. The van der Waals surface area contributed by atoms with Crippen molar-refractivity contribution in [2.45, 2.75) is 58.7 Å². The maximum Gasteiger partial charge on any atom is 0.303 e. The highest BCUT2D eigenvalue weighted by atomic mass is 32.2. The molecule has 2 aromatic carbocycles. The van der Waals surface area contributed by atoms with Gasteiger partial charge < -0.3 is 36.3 Å². The number of hydrogen-bond acceptors (Lipinski definition) is 11. The zero-order valence-electron chi connectivity index (χ0n) is 36.4. The number of rotatable bonds is 25. The van der Waals surface area contributed by atoms with E-state index in [-0.39, 0.29) is 42.6 Å². The number of carboxylic acids is 1. The molecule has 1 aliphatic heterocycles. The molecule has 352 valence electrons. The van der Waals surface area contributed by atoms with Crippen LogP contribution in [0.1, 0.15) is 57.3 Å². The third-order valence-corrected chi connectivity index (χ3v) is 12.8. The number of aliphatic carboxylic acids is 1. The third-order valence-electron chi connectivity index (χ3n) is 10.1. The van der Waals surface area contributed by atoms with E-state index in [0.717, 1.165) is 47.7 Å². The highest BCUT2D eigenvalue weighted by molar-refractivity contribution is 8.00. The van der Waals surface area contributed by atoms with Gasteiger partial charge in [-0.25, -0.2) is 17.2 Å². The maximum atomic E-state index is 15.2. The van der Waals surface area contributed by atoms with Gasteiger partial charge in [0.25, 0.3) is 11.8 Å². The second kappa shape index (κ2) is 23.8. The van der Waals surface area contributed by atoms with Gasteiger partial charge in [0.05, 0.1) is 29.7 Å². The molecular formula is C44H55F2N7O10S2. The molecule has 21 heteroatoms. The molecule has 3 aromatic rings. The van der Waals surface area contributed by atoms with Crippen LogP contribution >= 0.6 is 11.8 Å². The second-order valence-electron chi connectivity index (χ2n) is 16.3. The Kier molecular flexibility index (Phi) is 19.0. The van der Waals surface area contributed by atoms with E-state index < -0.39 is 112 Å². The van der Waals surface area contributed by atoms with Crippen LogP contribution in [-0.4, -0.2) is 131 Å². The minimum atomic E-state index is -3.86. The quantitative estimate of drug-likeness (QED) is 0.0769. The van der Waals surface area contributed by atoms with Crippen LogP contribution in [-0.2, 0) is 49.9 Å². The minimum absolute atomic E-state index is 0.0441. The average molecular weight is 944 g/mol. The molecule has 0 saturated heterocycles. The number of sulfone groups is 1. The van der Waals surface area contributed by atoms with E-state index in [4.69, 9.17) is 10.8 Å². The molecule has 0 bridgehead atoms. The first-order valence-corrected chi connectivity index (χ1v) is 23.7. The Morgan fingerprint density at radius 2 is 1.57 bits per heavy atom. The van der Waals surface area contributed by atoms with Gasteiger partial charge in [-0.15, -0.1) is 11.8 Å². The normalized spacial score (nSPS) is 13.7. The first-order valence-electron chi connectivity index (χ1n) is 20.7. The molecule has 0 spiro atoms. The number of carbonyl (C=O) groups is 7. The smallest absolute Gasteiger partial charge is 0.303 e. The molecule has 4 rings (SSSR count). The van der Waals surface area contributed by atoms with Crippen LogP contribution < -0.4 is 21.7 Å². The Bertz CT molecular complexity index is 2340. The average Bonchev–Trinajstić information content (AvgIpc) is 3.78. The van der Waals surface area contributed by atoms with Crippen LogP contribution in [0.25, 0.3) is 11.1 Å². The number of nitrogens with two attached hydrogens (primary N) is 1. The molecular weight excluding hydrogens is 889 g/mol. The Hall–Kier alpha value is -5.93. The fourth-order valence-corrected chi connectivity index (χ4v) is 8.93. The lowest BCUT2D eigenvalue weighted by atomic mass is 9.83. The summed E-state index contributed by atoms with van der Waals surface area (Å²) in [5, 5.41) is 16.4. The monoisotopic (exact) mass is 943 g/mol. The number of aromatic nitrogens is 1. The van der Waals surface area contributed by atoms with Crippen molar-refractivity contribution in [1.29, 1.82) is 0 Å². The standard InChI is InChI=1S/C44H55F2N7O10S2/c1-44(2,3)42(35-22-30(32-23-31(45)10-11-33(32)46)25-51(35)24-29-8-5-4-6-9-29)52(19-7-16-47)40(58)28-64-27-34(50-36(54)12-15-41(59)60)43(61)49-18-21-65(62,63)20-17-48-37(55)26-53-38(56)13-14-39(53)57/h4-6,8-11,13-14,22-23,25,34,42H,7,12,15-21,24,26-28,47H2,1-3H3,(H,48,55)(H,49,61)(H,50,54)(H,59,60)/t34-,42-/m0/s1. The number of imide groups is 1. The van der Waals surface area contributed by atoms with Crippen molar-refractivity contribution >= 4 is 63.0 Å². The van der Waals surface area contributed by atoms with E-state index in [1.807, 2.05) is 55.7 Å². The number of benzene rings is 2. The summed E-state index contributed by atoms with van der Waals surface area (Å²) in [4.78, 5) is 89.6. The number of nitrogens with one attached hydrogen (secondary N) is 3. The van der Waals surface area contributed by atoms with Gasteiger partial charge in [0.2, 0.25) is 23.6 Å². The predicted molar refractivity (Wildman–Crippen MR) is 240 cm³/mol. The van der Waals surface area contributed by atoms with E-state index >= 15 is 4.39 Å². The van der Waals surface area contributed by atoms with Gasteiger partial charge in [-0.3, -0.25) is 38.5 Å². The molecule has 0 unspecified atom stereocenters. The Morgan fingerprint density at radius 3 is 2.20 bits per heavy atom. The van der Waals surface area contributed by atoms with Crippen LogP contribution in [0, 0.1) is 17.0 Å². The molecule has 1 aromatic heterocycles. The largest absolute Gasteiger partial charge is 0.481 e. The third kappa shape index (κ3) is 15.9. The molecule has 17 nitrogen and oxygen atoms in total. The van der Waals surface area contributed by atoms with E-state index in [9.17, 15) is 46.4 Å². The predicted octanol–water partition coefficient (Wildman–Crippen LogP) is 2.40. The van der Waals surface area contributed by atoms with Gasteiger partial charge in [-0.05, 0) is 48.2 Å². The maximum absolute atomic E-state index is 15.2. The lowest BCUT2D eigenvalue weighted by Crippen LogP contribution is -2.49. The summed E-state index contributed by atoms with van der Waals surface area (Å²) in [5.41, 5.74) is 7.31. The van der Waals surface area contributed by atoms with Crippen molar-refractivity contribution in [3.8, 4) is 11.1 Å². The van der Waals surface area contributed by atoms with Crippen molar-refractivity contribution in [1.82, 2.24) is 30.3 Å². The number of hydrogen-bond donors (Lipinski definition) is 5. The number of nitrogens with zero attached hydrogens (tertiary/aromatic N) is 3. The van der Waals surface area contributed by atoms with Gasteiger partial charge >= 0.3 is 5.97 Å². The lowest BCUT2D eigenvalue weighted by molar-refractivity contribution is -0.141. The molecule has 1 aliphatic rings. The molecule has 0 radical (unpaired) electrons. The summed E-state index contributed by atoms with van der Waals surface area (Å²) in [6.45, 7) is 5.30. The molecule has 2 atom stereocenters. The summed E-state index contributed by atoms with van der Waals surface area (Å²) in [5.74, 6) is -7.98. The fraction of sp³-hybridized carbons (Fsp3) is 0.432. The number of amides is 6. The van der Waals surface area contributed by atoms with Crippen LogP contribution in [0.2, 0.25) is 0 Å². The zero-order valence-corrected chi connectivity index (χ0v) is 38.0. The summed E-state index contributed by atoms with van der Waals surface area (Å²) in [6, 6.07) is 12.5. The molecule has 0 fully saturated rings. The Morgan fingerprint density at radius 1 is 0.908 bits per heavy atom. The SMILES string of the molecule is CC(C)(C)[C@H](c1cc(-c2cc(F)ccc2F)cn1Cc1ccccc1)N(CCCN)C(=O)CSC[C@H](NC(=O)CCC(=O)O)C(=O)NCCS(=O)(=O)CCNC(=O)CN1C(=O)C=CC1=O. The van der Waals surface area contributed by atoms with Gasteiger partial charge in [0.15, 0.2) is 9.84 Å². The van der Waals surface area contributed by atoms with E-state index in [1.54, 1.807) is 17.2 Å². The van der Waals surface area contributed by atoms with Crippen LogP contribution in [0.4, 0.5) is 8.78 Å². The van der Waals surface area contributed by atoms with Crippen LogP contribution in [0.15, 0.2) is 72.9 Å². The lowest BCUT2D eigenvalue weighted by Gasteiger charge is -2.41. The van der Waals surface area contributed by atoms with E-state index in [0.29, 0.717) is 29.1 Å². The molecule has 6 amide bonds. The molecule has 2 heterocycles. The molecule has 6 N–H and O–H groups in total. The summed E-state index contributed by atoms with van der Waals surface area (Å²) >= 11 is 1.01. The molecule has 65 heavy (non-hydrogen) atoms.